The molecule has 1 amide bonds. The van der Waals surface area contributed by atoms with Crippen molar-refractivity contribution in [3.05, 3.63) is 85.1 Å². The highest BCUT2D eigenvalue weighted by Gasteiger charge is 2.19. The van der Waals surface area contributed by atoms with Gasteiger partial charge in [-0.3, -0.25) is 9.59 Å². The van der Waals surface area contributed by atoms with Crippen LogP contribution in [0.5, 0.6) is 0 Å². The van der Waals surface area contributed by atoms with Gasteiger partial charge >= 0.3 is 11.9 Å². The van der Waals surface area contributed by atoms with Crippen LogP contribution in [0.3, 0.4) is 0 Å². The number of esters is 1. The zero-order valence-corrected chi connectivity index (χ0v) is 32.9. The maximum atomic E-state index is 12.7. The summed E-state index contributed by atoms with van der Waals surface area (Å²) in [5.74, 6) is -1.41. The van der Waals surface area contributed by atoms with Gasteiger partial charge in [0.2, 0.25) is 5.91 Å². The van der Waals surface area contributed by atoms with E-state index in [0.29, 0.717) is 25.8 Å². The Bertz CT molecular complexity index is 1090. The number of nitrogens with two attached hydrogens (primary N) is 1. The number of allylic oxidation sites excluding steroid dienone is 13. The molecular weight excluding hydrogens is 649 g/mol. The number of ether oxygens (including phenoxy) is 1. The molecule has 0 radical (unpaired) electrons. The molecule has 0 aliphatic carbocycles. The van der Waals surface area contributed by atoms with E-state index in [1.54, 1.807) is 0 Å². The van der Waals surface area contributed by atoms with Crippen molar-refractivity contribution in [2.75, 3.05) is 6.54 Å². The molecule has 2 atom stereocenters. The SMILES string of the molecule is CC/C=C\C/C=C\C/C=C\C/C=C\C/C=C\CC(=O)OC(CCC/C=C\C/C=C\CCCCC)CCCCCCCC(=O)NC(CCCN)C(=O)O. The number of unbranched alkanes of at least 4 members (excludes halogenated alkanes) is 8. The molecule has 0 aromatic heterocycles. The van der Waals surface area contributed by atoms with E-state index >= 15 is 0 Å². The van der Waals surface area contributed by atoms with E-state index in [1.807, 2.05) is 12.2 Å². The molecule has 0 aromatic rings. The molecule has 0 rings (SSSR count). The molecule has 0 aliphatic rings. The van der Waals surface area contributed by atoms with E-state index in [-0.39, 0.29) is 24.4 Å². The van der Waals surface area contributed by atoms with Crippen LogP contribution >= 0.6 is 0 Å². The minimum Gasteiger partial charge on any atom is -0.480 e. The minimum absolute atomic E-state index is 0.0886. The Morgan fingerprint density at radius 3 is 1.69 bits per heavy atom. The van der Waals surface area contributed by atoms with Crippen LogP contribution in [0.1, 0.15) is 162 Å². The summed E-state index contributed by atoms with van der Waals surface area (Å²) in [6.45, 7) is 4.77. The second-order valence-corrected chi connectivity index (χ2v) is 13.3. The molecule has 0 aliphatic heterocycles. The van der Waals surface area contributed by atoms with Crippen LogP contribution in [0.2, 0.25) is 0 Å². The average molecular weight is 723 g/mol. The van der Waals surface area contributed by atoms with Crippen molar-refractivity contribution in [2.45, 2.75) is 174 Å². The van der Waals surface area contributed by atoms with Crippen molar-refractivity contribution in [1.82, 2.24) is 5.32 Å². The summed E-state index contributed by atoms with van der Waals surface area (Å²) in [5.41, 5.74) is 5.47. The Hall–Kier alpha value is -3.45. The Morgan fingerprint density at radius 2 is 1.12 bits per heavy atom. The van der Waals surface area contributed by atoms with Gasteiger partial charge in [0.25, 0.3) is 0 Å². The van der Waals surface area contributed by atoms with Crippen LogP contribution < -0.4 is 11.1 Å². The number of nitrogens with one attached hydrogen (secondary N) is 1. The van der Waals surface area contributed by atoms with Gasteiger partial charge in [-0.25, -0.2) is 4.79 Å². The van der Waals surface area contributed by atoms with Gasteiger partial charge in [-0.1, -0.05) is 131 Å². The lowest BCUT2D eigenvalue weighted by Crippen LogP contribution is -2.40. The smallest absolute Gasteiger partial charge is 0.326 e. The number of amides is 1. The van der Waals surface area contributed by atoms with Crippen LogP contribution in [-0.2, 0) is 19.1 Å². The van der Waals surface area contributed by atoms with E-state index in [9.17, 15) is 19.5 Å². The van der Waals surface area contributed by atoms with Gasteiger partial charge in [-0.05, 0) is 109 Å². The predicted molar refractivity (Wildman–Crippen MR) is 220 cm³/mol. The highest BCUT2D eigenvalue weighted by Crippen LogP contribution is 2.17. The van der Waals surface area contributed by atoms with E-state index in [4.69, 9.17) is 10.5 Å². The molecule has 7 nitrogen and oxygen atoms in total. The first-order valence-corrected chi connectivity index (χ1v) is 20.4. The molecule has 0 saturated carbocycles. The summed E-state index contributed by atoms with van der Waals surface area (Å²) in [7, 11) is 0. The number of hydrogen-bond acceptors (Lipinski definition) is 5. The maximum absolute atomic E-state index is 12.7. The average Bonchev–Trinajstić information content (AvgIpc) is 3.13. The van der Waals surface area contributed by atoms with Crippen LogP contribution in [0.15, 0.2) is 85.1 Å². The third kappa shape index (κ3) is 35.0. The van der Waals surface area contributed by atoms with E-state index < -0.39 is 12.0 Å². The number of carbonyl (C=O) groups excluding carboxylic acids is 2. The maximum Gasteiger partial charge on any atom is 0.326 e. The quantitative estimate of drug-likeness (QED) is 0.0340. The van der Waals surface area contributed by atoms with Crippen LogP contribution in [0.25, 0.3) is 0 Å². The fourth-order valence-corrected chi connectivity index (χ4v) is 5.44. The van der Waals surface area contributed by atoms with Crippen LogP contribution in [0, 0.1) is 0 Å². The summed E-state index contributed by atoms with van der Waals surface area (Å²) in [6.07, 6.45) is 50.6. The molecule has 2 unspecified atom stereocenters. The van der Waals surface area contributed by atoms with Gasteiger partial charge in [-0.2, -0.15) is 0 Å². The predicted octanol–water partition coefficient (Wildman–Crippen LogP) is 11.3. The van der Waals surface area contributed by atoms with E-state index in [1.165, 1.54) is 19.3 Å². The molecule has 0 saturated heterocycles. The number of aliphatic carboxylic acids is 1. The lowest BCUT2D eigenvalue weighted by atomic mass is 10.0. The topological polar surface area (TPSA) is 119 Å². The summed E-state index contributed by atoms with van der Waals surface area (Å²) in [4.78, 5) is 36.2. The molecule has 7 heteroatoms. The van der Waals surface area contributed by atoms with Crippen molar-refractivity contribution in [1.29, 1.82) is 0 Å². The molecule has 0 spiro atoms. The lowest BCUT2D eigenvalue weighted by Gasteiger charge is -2.17. The Labute approximate surface area is 317 Å². The number of hydrogen-bond donors (Lipinski definition) is 3. The molecule has 4 N–H and O–H groups in total. The first-order chi connectivity index (χ1) is 25.4. The molecule has 52 heavy (non-hydrogen) atoms. The molecule has 0 aromatic carbocycles. The first-order valence-electron chi connectivity index (χ1n) is 20.4. The highest BCUT2D eigenvalue weighted by molar-refractivity contribution is 5.83. The molecule has 294 valence electrons. The first kappa shape index (κ1) is 48.5. The summed E-state index contributed by atoms with van der Waals surface area (Å²) in [6, 6.07) is -0.871. The van der Waals surface area contributed by atoms with Gasteiger partial charge in [0.1, 0.15) is 12.1 Å². The van der Waals surface area contributed by atoms with Crippen molar-refractivity contribution in [3.8, 4) is 0 Å². The van der Waals surface area contributed by atoms with Gasteiger partial charge in [0.15, 0.2) is 0 Å². The third-order valence-corrected chi connectivity index (χ3v) is 8.48. The Morgan fingerprint density at radius 1 is 0.596 bits per heavy atom. The largest absolute Gasteiger partial charge is 0.480 e. The standard InChI is InChI=1S/C45H74N2O5/c1-3-5-7-9-11-13-15-16-17-18-20-22-24-29-33-39-44(49)52-41(35-30-26-23-21-19-14-12-10-8-6-4-2)36-31-27-25-28-32-38-43(48)47-42(45(50)51)37-34-40-46/h5,7,11-14,16-17,20-23,29,33,41-42H,3-4,6,8-10,15,18-19,24-28,30-32,34-40,46H2,1-2H3,(H,47,48)(H,50,51)/b7-5-,13-11-,14-12-,17-16-,22-20-,23-21-,33-29-. The van der Waals surface area contributed by atoms with Crippen molar-refractivity contribution in [3.63, 3.8) is 0 Å². The zero-order valence-electron chi connectivity index (χ0n) is 32.9. The normalized spacial score (nSPS) is 13.6. The van der Waals surface area contributed by atoms with Crippen molar-refractivity contribution >= 4 is 17.8 Å². The Kier molecular flexibility index (Phi) is 36.2. The fraction of sp³-hybridized carbons (Fsp3) is 0.622. The second-order valence-electron chi connectivity index (χ2n) is 13.3. The fourth-order valence-electron chi connectivity index (χ4n) is 5.44. The van der Waals surface area contributed by atoms with Crippen LogP contribution in [0.4, 0.5) is 0 Å². The second kappa shape index (κ2) is 38.8. The Balaban J connectivity index is 4.56. The minimum atomic E-state index is -1.02. The summed E-state index contributed by atoms with van der Waals surface area (Å²) in [5, 5.41) is 11.9. The molecule has 0 bridgehead atoms. The number of carbonyl (C=O) groups is 3. The zero-order chi connectivity index (χ0) is 38.2. The number of rotatable bonds is 35. The van der Waals surface area contributed by atoms with E-state index in [2.05, 4.69) is 92.1 Å². The van der Waals surface area contributed by atoms with Crippen molar-refractivity contribution < 1.29 is 24.2 Å². The summed E-state index contributed by atoms with van der Waals surface area (Å²) >= 11 is 0. The van der Waals surface area contributed by atoms with E-state index in [0.717, 1.165) is 103 Å². The molecular formula is C45H74N2O5. The van der Waals surface area contributed by atoms with Gasteiger partial charge in [0, 0.05) is 6.42 Å². The molecule has 0 heterocycles. The van der Waals surface area contributed by atoms with Crippen molar-refractivity contribution in [2.24, 2.45) is 5.73 Å². The van der Waals surface area contributed by atoms with Crippen LogP contribution in [-0.4, -0.2) is 41.6 Å². The highest BCUT2D eigenvalue weighted by atomic mass is 16.5. The third-order valence-electron chi connectivity index (χ3n) is 8.48. The monoisotopic (exact) mass is 723 g/mol. The van der Waals surface area contributed by atoms with Gasteiger partial charge in [-0.15, -0.1) is 0 Å². The number of carboxylic acids is 1. The molecule has 0 fully saturated rings. The lowest BCUT2D eigenvalue weighted by molar-refractivity contribution is -0.148. The van der Waals surface area contributed by atoms with Gasteiger partial charge < -0.3 is 20.9 Å². The van der Waals surface area contributed by atoms with Gasteiger partial charge in [0.05, 0.1) is 6.42 Å². The summed E-state index contributed by atoms with van der Waals surface area (Å²) < 4.78 is 5.93. The number of carboxylic acid groups (broad SMARTS) is 1.